The lowest BCUT2D eigenvalue weighted by Gasteiger charge is -2.16. The summed E-state index contributed by atoms with van der Waals surface area (Å²) in [5.41, 5.74) is 2.25. The fraction of sp³-hybridized carbons (Fsp3) is 0.364. The van der Waals surface area contributed by atoms with E-state index < -0.39 is 6.03 Å². The first-order valence-corrected chi connectivity index (χ1v) is 9.50. The van der Waals surface area contributed by atoms with E-state index in [-0.39, 0.29) is 12.3 Å². The molecule has 0 saturated heterocycles. The smallest absolute Gasteiger partial charge is 0.321 e. The molecular formula is C22H29N3O3. The predicted octanol–water partition coefficient (Wildman–Crippen LogP) is 2.98. The van der Waals surface area contributed by atoms with Crippen molar-refractivity contribution < 1.29 is 14.3 Å². The van der Waals surface area contributed by atoms with Gasteiger partial charge in [0.2, 0.25) is 5.91 Å². The zero-order valence-electron chi connectivity index (χ0n) is 16.6. The van der Waals surface area contributed by atoms with Crippen LogP contribution in [-0.4, -0.2) is 44.1 Å². The minimum Gasteiger partial charge on any atom is -0.497 e. The number of carbonyl (C=O) groups excluding carboxylic acids is 2. The molecule has 0 aliphatic heterocycles. The van der Waals surface area contributed by atoms with Crippen LogP contribution in [0.25, 0.3) is 0 Å². The number of imide groups is 1. The molecule has 2 aromatic carbocycles. The Hall–Kier alpha value is -2.86. The lowest BCUT2D eigenvalue weighted by Crippen LogP contribution is -2.40. The van der Waals surface area contributed by atoms with Crippen molar-refractivity contribution >= 4 is 11.9 Å². The summed E-state index contributed by atoms with van der Waals surface area (Å²) >= 11 is 0. The van der Waals surface area contributed by atoms with Gasteiger partial charge in [-0.05, 0) is 49.7 Å². The molecule has 2 rings (SSSR count). The molecule has 150 valence electrons. The van der Waals surface area contributed by atoms with Gasteiger partial charge < -0.3 is 15.0 Å². The van der Waals surface area contributed by atoms with Gasteiger partial charge >= 0.3 is 6.03 Å². The monoisotopic (exact) mass is 383 g/mol. The molecule has 0 aliphatic carbocycles. The normalized spacial score (nSPS) is 10.5. The van der Waals surface area contributed by atoms with Crippen molar-refractivity contribution in [3.05, 3.63) is 65.7 Å². The second-order valence-electron chi connectivity index (χ2n) is 6.72. The Labute approximate surface area is 166 Å². The van der Waals surface area contributed by atoms with Crippen molar-refractivity contribution in [1.82, 2.24) is 15.5 Å². The minimum absolute atomic E-state index is 0.271. The first-order chi connectivity index (χ1) is 13.6. The summed E-state index contributed by atoms with van der Waals surface area (Å²) in [6.45, 7) is 1.89. The van der Waals surface area contributed by atoms with E-state index in [1.54, 1.807) is 7.11 Å². The molecule has 0 aliphatic rings. The van der Waals surface area contributed by atoms with E-state index in [1.807, 2.05) is 49.5 Å². The Morgan fingerprint density at radius 1 is 0.964 bits per heavy atom. The van der Waals surface area contributed by atoms with Crippen molar-refractivity contribution in [3.8, 4) is 5.75 Å². The zero-order chi connectivity index (χ0) is 20.2. The standard InChI is InChI=1S/C22H29N3O3/c1-25(15-6-9-18-10-12-20(28-2)13-11-18)16-14-21(26)24-22(27)23-17-19-7-4-3-5-8-19/h3-5,7-8,10-13H,6,9,14-17H2,1-2H3,(H2,23,24,26,27). The molecule has 6 nitrogen and oxygen atoms in total. The molecule has 0 saturated carbocycles. The van der Waals surface area contributed by atoms with Crippen LogP contribution < -0.4 is 15.4 Å². The molecule has 6 heteroatoms. The highest BCUT2D eigenvalue weighted by atomic mass is 16.5. The summed E-state index contributed by atoms with van der Waals surface area (Å²) in [6, 6.07) is 17.2. The molecule has 0 bridgehead atoms. The van der Waals surface area contributed by atoms with Gasteiger partial charge in [-0.15, -0.1) is 0 Å². The maximum absolute atomic E-state index is 11.9. The van der Waals surface area contributed by atoms with Crippen LogP contribution in [0, 0.1) is 0 Å². The number of rotatable bonds is 10. The van der Waals surface area contributed by atoms with Crippen LogP contribution in [0.4, 0.5) is 4.79 Å². The molecule has 0 radical (unpaired) electrons. The Bertz CT molecular complexity index is 732. The molecule has 0 fully saturated rings. The molecule has 0 spiro atoms. The molecule has 0 atom stereocenters. The van der Waals surface area contributed by atoms with E-state index in [0.717, 1.165) is 30.7 Å². The van der Waals surface area contributed by atoms with Crippen LogP contribution in [-0.2, 0) is 17.8 Å². The Morgan fingerprint density at radius 2 is 1.68 bits per heavy atom. The molecule has 3 amide bonds. The van der Waals surface area contributed by atoms with Crippen LogP contribution >= 0.6 is 0 Å². The number of aryl methyl sites for hydroxylation is 1. The Balaban J connectivity index is 1.57. The van der Waals surface area contributed by atoms with E-state index in [9.17, 15) is 9.59 Å². The van der Waals surface area contributed by atoms with Gasteiger partial charge in [0.1, 0.15) is 5.75 Å². The largest absolute Gasteiger partial charge is 0.497 e. The summed E-state index contributed by atoms with van der Waals surface area (Å²) < 4.78 is 5.16. The quantitative estimate of drug-likeness (QED) is 0.662. The highest BCUT2D eigenvalue weighted by Gasteiger charge is 2.09. The number of nitrogens with one attached hydrogen (secondary N) is 2. The third-order valence-electron chi connectivity index (χ3n) is 4.43. The van der Waals surface area contributed by atoms with Gasteiger partial charge in [0.05, 0.1) is 7.11 Å². The summed E-state index contributed by atoms with van der Waals surface area (Å²) in [4.78, 5) is 25.8. The van der Waals surface area contributed by atoms with E-state index in [0.29, 0.717) is 13.1 Å². The molecule has 0 aromatic heterocycles. The highest BCUT2D eigenvalue weighted by molar-refractivity contribution is 5.94. The fourth-order valence-corrected chi connectivity index (χ4v) is 2.76. The summed E-state index contributed by atoms with van der Waals surface area (Å²) in [7, 11) is 3.64. The lowest BCUT2D eigenvalue weighted by molar-refractivity contribution is -0.120. The summed E-state index contributed by atoms with van der Waals surface area (Å²) in [5, 5.41) is 5.06. The second kappa shape index (κ2) is 11.8. The Kier molecular flexibility index (Phi) is 9.01. The number of benzene rings is 2. The molecule has 2 aromatic rings. The number of amides is 3. The number of carbonyl (C=O) groups is 2. The van der Waals surface area contributed by atoms with E-state index in [4.69, 9.17) is 4.74 Å². The van der Waals surface area contributed by atoms with Gasteiger partial charge in [-0.1, -0.05) is 42.5 Å². The number of hydrogen-bond donors (Lipinski definition) is 2. The van der Waals surface area contributed by atoms with Gasteiger partial charge in [0.25, 0.3) is 0 Å². The van der Waals surface area contributed by atoms with Crippen molar-refractivity contribution in [2.75, 3.05) is 27.2 Å². The van der Waals surface area contributed by atoms with Crippen LogP contribution in [0.3, 0.4) is 0 Å². The summed E-state index contributed by atoms with van der Waals surface area (Å²) in [5.74, 6) is 0.590. The first-order valence-electron chi connectivity index (χ1n) is 9.50. The van der Waals surface area contributed by atoms with Crippen molar-refractivity contribution in [2.45, 2.75) is 25.8 Å². The molecule has 0 unspecified atom stereocenters. The number of ether oxygens (including phenoxy) is 1. The van der Waals surface area contributed by atoms with Gasteiger partial charge in [-0.25, -0.2) is 4.79 Å². The SMILES string of the molecule is COc1ccc(CCCN(C)CCC(=O)NC(=O)NCc2ccccc2)cc1. The minimum atomic E-state index is -0.462. The third kappa shape index (κ3) is 8.22. The summed E-state index contributed by atoms with van der Waals surface area (Å²) in [6.07, 6.45) is 2.27. The lowest BCUT2D eigenvalue weighted by atomic mass is 10.1. The van der Waals surface area contributed by atoms with Crippen LogP contribution in [0.5, 0.6) is 5.75 Å². The van der Waals surface area contributed by atoms with E-state index >= 15 is 0 Å². The van der Waals surface area contributed by atoms with Gasteiger partial charge in [0.15, 0.2) is 0 Å². The topological polar surface area (TPSA) is 70.7 Å². The van der Waals surface area contributed by atoms with E-state index in [2.05, 4.69) is 27.7 Å². The van der Waals surface area contributed by atoms with Gasteiger partial charge in [-0.3, -0.25) is 10.1 Å². The molecule has 28 heavy (non-hydrogen) atoms. The van der Waals surface area contributed by atoms with E-state index in [1.165, 1.54) is 5.56 Å². The fourth-order valence-electron chi connectivity index (χ4n) is 2.76. The zero-order valence-corrected chi connectivity index (χ0v) is 16.6. The van der Waals surface area contributed by atoms with Crippen LogP contribution in [0.2, 0.25) is 0 Å². The van der Waals surface area contributed by atoms with Crippen molar-refractivity contribution in [1.29, 1.82) is 0 Å². The van der Waals surface area contributed by atoms with Gasteiger partial charge in [-0.2, -0.15) is 0 Å². The molecule has 0 heterocycles. The maximum Gasteiger partial charge on any atom is 0.321 e. The molecular weight excluding hydrogens is 354 g/mol. The first kappa shape index (κ1) is 21.4. The molecule has 2 N–H and O–H groups in total. The number of methoxy groups -OCH3 is 1. The average molecular weight is 383 g/mol. The van der Waals surface area contributed by atoms with Crippen LogP contribution in [0.1, 0.15) is 24.0 Å². The number of nitrogens with zero attached hydrogens (tertiary/aromatic N) is 1. The van der Waals surface area contributed by atoms with Gasteiger partial charge in [0, 0.05) is 19.5 Å². The second-order valence-corrected chi connectivity index (χ2v) is 6.72. The number of urea groups is 1. The van der Waals surface area contributed by atoms with Crippen LogP contribution in [0.15, 0.2) is 54.6 Å². The Morgan fingerprint density at radius 3 is 2.36 bits per heavy atom. The maximum atomic E-state index is 11.9. The van der Waals surface area contributed by atoms with Crippen molar-refractivity contribution in [3.63, 3.8) is 0 Å². The highest BCUT2D eigenvalue weighted by Crippen LogP contribution is 2.12. The average Bonchev–Trinajstić information content (AvgIpc) is 2.72. The number of hydrogen-bond acceptors (Lipinski definition) is 4. The van der Waals surface area contributed by atoms with Crippen molar-refractivity contribution in [2.24, 2.45) is 0 Å². The predicted molar refractivity (Wildman–Crippen MR) is 110 cm³/mol. The third-order valence-corrected chi connectivity index (χ3v) is 4.43.